The Morgan fingerprint density at radius 3 is 2.32 bits per heavy atom. The molecule has 1 atom stereocenters. The van der Waals surface area contributed by atoms with Crippen molar-refractivity contribution in [3.05, 3.63) is 65.7 Å². The van der Waals surface area contributed by atoms with Gasteiger partial charge in [-0.15, -0.1) is 0 Å². The Kier molecular flexibility index (Phi) is 6.86. The molecule has 1 amide bonds. The molecule has 3 rings (SSSR count). The van der Waals surface area contributed by atoms with Gasteiger partial charge in [-0.05, 0) is 50.6 Å². The first-order valence-corrected chi connectivity index (χ1v) is 11.5. The third kappa shape index (κ3) is 5.42. The van der Waals surface area contributed by atoms with Crippen molar-refractivity contribution in [1.82, 2.24) is 10.2 Å². The first-order chi connectivity index (χ1) is 13.5. The van der Waals surface area contributed by atoms with Crippen LogP contribution in [0.1, 0.15) is 36.4 Å². The molecule has 0 saturated carbocycles. The third-order valence-electron chi connectivity index (χ3n) is 5.24. The van der Waals surface area contributed by atoms with Crippen LogP contribution in [0.2, 0.25) is 0 Å². The van der Waals surface area contributed by atoms with Crippen LogP contribution in [0.5, 0.6) is 0 Å². The van der Waals surface area contributed by atoms with Gasteiger partial charge in [-0.25, -0.2) is 8.42 Å². The monoisotopic (exact) mass is 400 g/mol. The van der Waals surface area contributed by atoms with Gasteiger partial charge >= 0.3 is 0 Å². The van der Waals surface area contributed by atoms with E-state index in [0.29, 0.717) is 6.54 Å². The largest absolute Gasteiger partial charge is 0.354 e. The van der Waals surface area contributed by atoms with Gasteiger partial charge in [0.15, 0.2) is 9.84 Å². The van der Waals surface area contributed by atoms with E-state index in [2.05, 4.69) is 22.3 Å². The second-order valence-corrected chi connectivity index (χ2v) is 9.46. The summed E-state index contributed by atoms with van der Waals surface area (Å²) in [5.74, 6) is -0.405. The average molecular weight is 401 g/mol. The second kappa shape index (κ2) is 9.34. The van der Waals surface area contributed by atoms with Crippen molar-refractivity contribution in [1.29, 1.82) is 0 Å². The Morgan fingerprint density at radius 2 is 1.68 bits per heavy atom. The van der Waals surface area contributed by atoms with Crippen molar-refractivity contribution < 1.29 is 13.2 Å². The van der Waals surface area contributed by atoms with Crippen molar-refractivity contribution in [2.75, 3.05) is 25.4 Å². The molecule has 150 valence electrons. The summed E-state index contributed by atoms with van der Waals surface area (Å²) < 4.78 is 24.9. The lowest BCUT2D eigenvalue weighted by Gasteiger charge is -2.28. The van der Waals surface area contributed by atoms with Crippen LogP contribution in [0.15, 0.2) is 59.5 Å². The minimum absolute atomic E-state index is 0.0300. The first-order valence-electron chi connectivity index (χ1n) is 9.81. The minimum atomic E-state index is -3.45. The van der Waals surface area contributed by atoms with Gasteiger partial charge in [-0.1, -0.05) is 48.0 Å². The standard InChI is InChI=1S/C22H28N2O3S/c1-18-9-11-20(12-10-18)28(26,27)16-13-22(25)23-17-21(24-14-5-6-15-24)19-7-3-2-4-8-19/h2-4,7-12,21H,5-6,13-17H2,1H3,(H,23,25). The maximum absolute atomic E-state index is 12.4. The highest BCUT2D eigenvalue weighted by Crippen LogP contribution is 2.24. The summed E-state index contributed by atoms with van der Waals surface area (Å²) in [4.78, 5) is 15.0. The molecule has 2 aromatic rings. The number of carbonyl (C=O) groups excluding carboxylic acids is 1. The fourth-order valence-corrected chi connectivity index (χ4v) is 4.82. The number of nitrogens with one attached hydrogen (secondary N) is 1. The predicted octanol–water partition coefficient (Wildman–Crippen LogP) is 3.11. The number of hydrogen-bond donors (Lipinski definition) is 1. The maximum atomic E-state index is 12.4. The molecule has 0 aliphatic carbocycles. The summed E-state index contributed by atoms with van der Waals surface area (Å²) in [5, 5.41) is 2.95. The number of aryl methyl sites for hydroxylation is 1. The van der Waals surface area contributed by atoms with Crippen LogP contribution in [0.3, 0.4) is 0 Å². The molecule has 5 nitrogen and oxygen atoms in total. The molecule has 1 fully saturated rings. The molecule has 1 unspecified atom stereocenters. The maximum Gasteiger partial charge on any atom is 0.221 e. The summed E-state index contributed by atoms with van der Waals surface area (Å²) >= 11 is 0. The lowest BCUT2D eigenvalue weighted by atomic mass is 10.1. The number of rotatable bonds is 8. The number of amides is 1. The Hall–Kier alpha value is -2.18. The number of hydrogen-bond acceptors (Lipinski definition) is 4. The van der Waals surface area contributed by atoms with Crippen LogP contribution in [-0.2, 0) is 14.6 Å². The topological polar surface area (TPSA) is 66.5 Å². The van der Waals surface area contributed by atoms with E-state index in [1.165, 1.54) is 18.4 Å². The molecule has 28 heavy (non-hydrogen) atoms. The van der Waals surface area contributed by atoms with Gasteiger partial charge in [0, 0.05) is 13.0 Å². The highest BCUT2D eigenvalue weighted by Gasteiger charge is 2.24. The minimum Gasteiger partial charge on any atom is -0.354 e. The quantitative estimate of drug-likeness (QED) is 0.739. The van der Waals surface area contributed by atoms with Crippen molar-refractivity contribution in [3.8, 4) is 0 Å². The number of nitrogens with zero attached hydrogens (tertiary/aromatic N) is 1. The molecular formula is C22H28N2O3S. The van der Waals surface area contributed by atoms with E-state index >= 15 is 0 Å². The summed E-state index contributed by atoms with van der Waals surface area (Å²) in [6, 6.07) is 17.0. The molecule has 0 bridgehead atoms. The zero-order chi connectivity index (χ0) is 20.0. The van der Waals surface area contributed by atoms with Crippen LogP contribution in [0.25, 0.3) is 0 Å². The highest BCUT2D eigenvalue weighted by atomic mass is 32.2. The van der Waals surface area contributed by atoms with Crippen LogP contribution in [0.4, 0.5) is 0 Å². The third-order valence-corrected chi connectivity index (χ3v) is 6.97. The molecule has 1 aliphatic heterocycles. The molecule has 1 saturated heterocycles. The van der Waals surface area contributed by atoms with Crippen molar-refractivity contribution in [2.24, 2.45) is 0 Å². The molecule has 2 aromatic carbocycles. The molecule has 1 aliphatic rings. The Bertz CT molecular complexity index is 874. The van der Waals surface area contributed by atoms with E-state index in [0.717, 1.165) is 18.7 Å². The molecule has 1 N–H and O–H groups in total. The summed E-state index contributed by atoms with van der Waals surface area (Å²) in [6.45, 7) is 4.45. The van der Waals surface area contributed by atoms with Crippen LogP contribution in [0, 0.1) is 6.92 Å². The second-order valence-electron chi connectivity index (χ2n) is 7.36. The van der Waals surface area contributed by atoms with Gasteiger partial charge in [0.05, 0.1) is 16.7 Å². The zero-order valence-electron chi connectivity index (χ0n) is 16.3. The molecule has 0 aromatic heterocycles. The molecule has 1 heterocycles. The fourth-order valence-electron chi connectivity index (χ4n) is 3.58. The Labute approximate surface area is 167 Å². The number of carbonyl (C=O) groups is 1. The Morgan fingerprint density at radius 1 is 1.04 bits per heavy atom. The van der Waals surface area contributed by atoms with Gasteiger partial charge in [-0.3, -0.25) is 9.69 Å². The van der Waals surface area contributed by atoms with E-state index in [1.54, 1.807) is 24.3 Å². The van der Waals surface area contributed by atoms with Crippen molar-refractivity contribution in [2.45, 2.75) is 37.1 Å². The normalized spacial score (nSPS) is 16.0. The number of benzene rings is 2. The van der Waals surface area contributed by atoms with Crippen LogP contribution in [-0.4, -0.2) is 44.6 Å². The number of likely N-dealkylation sites (tertiary alicyclic amines) is 1. The zero-order valence-corrected chi connectivity index (χ0v) is 17.1. The van der Waals surface area contributed by atoms with Gasteiger partial charge in [0.1, 0.15) is 0 Å². The van der Waals surface area contributed by atoms with Crippen LogP contribution >= 0.6 is 0 Å². The molecular weight excluding hydrogens is 372 g/mol. The SMILES string of the molecule is Cc1ccc(S(=O)(=O)CCC(=O)NCC(c2ccccc2)N2CCCC2)cc1. The fraction of sp³-hybridized carbons (Fsp3) is 0.409. The molecule has 0 spiro atoms. The molecule has 6 heteroatoms. The lowest BCUT2D eigenvalue weighted by molar-refractivity contribution is -0.120. The predicted molar refractivity (Wildman–Crippen MR) is 111 cm³/mol. The smallest absolute Gasteiger partial charge is 0.221 e. The van der Waals surface area contributed by atoms with Crippen molar-refractivity contribution in [3.63, 3.8) is 0 Å². The number of sulfone groups is 1. The van der Waals surface area contributed by atoms with Gasteiger partial charge < -0.3 is 5.32 Å². The first kappa shape index (κ1) is 20.6. The summed E-state index contributed by atoms with van der Waals surface area (Å²) in [7, 11) is -3.45. The average Bonchev–Trinajstić information content (AvgIpc) is 3.22. The van der Waals surface area contributed by atoms with E-state index in [-0.39, 0.29) is 29.0 Å². The molecule has 0 radical (unpaired) electrons. The Balaban J connectivity index is 1.56. The van der Waals surface area contributed by atoms with Gasteiger partial charge in [0.25, 0.3) is 0 Å². The van der Waals surface area contributed by atoms with Crippen LogP contribution < -0.4 is 5.32 Å². The van der Waals surface area contributed by atoms with Crippen molar-refractivity contribution >= 4 is 15.7 Å². The van der Waals surface area contributed by atoms with Gasteiger partial charge in [-0.2, -0.15) is 0 Å². The van der Waals surface area contributed by atoms with E-state index < -0.39 is 9.84 Å². The van der Waals surface area contributed by atoms with E-state index in [4.69, 9.17) is 0 Å². The van der Waals surface area contributed by atoms with E-state index in [9.17, 15) is 13.2 Å². The van der Waals surface area contributed by atoms with Gasteiger partial charge in [0.2, 0.25) is 5.91 Å². The van der Waals surface area contributed by atoms with E-state index in [1.807, 2.05) is 25.1 Å². The summed E-state index contributed by atoms with van der Waals surface area (Å²) in [5.41, 5.74) is 2.18. The highest BCUT2D eigenvalue weighted by molar-refractivity contribution is 7.91. The summed E-state index contributed by atoms with van der Waals surface area (Å²) in [6.07, 6.45) is 2.32. The lowest BCUT2D eigenvalue weighted by Crippen LogP contribution is -2.37.